The van der Waals surface area contributed by atoms with Crippen molar-refractivity contribution in [2.24, 2.45) is 0 Å². The Balaban J connectivity index is 2.49. The zero-order valence-corrected chi connectivity index (χ0v) is 10.3. The SMILES string of the molecule is CCNCCCNc1ccc(C)c([N+](=O)[O-])c1. The normalized spacial score (nSPS) is 10.2. The first-order chi connectivity index (χ1) is 8.15. The molecule has 1 rings (SSSR count). The molecule has 0 aromatic heterocycles. The van der Waals surface area contributed by atoms with Gasteiger partial charge < -0.3 is 10.6 Å². The first-order valence-corrected chi connectivity index (χ1v) is 5.84. The van der Waals surface area contributed by atoms with Crippen molar-refractivity contribution in [2.75, 3.05) is 25.0 Å². The third kappa shape index (κ3) is 4.40. The highest BCUT2D eigenvalue weighted by atomic mass is 16.6. The average Bonchev–Trinajstić information content (AvgIpc) is 2.30. The molecule has 5 heteroatoms. The Labute approximate surface area is 101 Å². The monoisotopic (exact) mass is 237 g/mol. The molecule has 0 bridgehead atoms. The number of nitro groups is 1. The number of nitro benzene ring substituents is 1. The van der Waals surface area contributed by atoms with Gasteiger partial charge in [-0.3, -0.25) is 10.1 Å². The molecule has 0 fully saturated rings. The largest absolute Gasteiger partial charge is 0.385 e. The predicted octanol–water partition coefficient (Wildman–Crippen LogP) is 2.31. The summed E-state index contributed by atoms with van der Waals surface area (Å²) in [6, 6.07) is 5.23. The molecule has 0 radical (unpaired) electrons. The number of nitrogens with one attached hydrogen (secondary N) is 2. The number of benzene rings is 1. The zero-order chi connectivity index (χ0) is 12.7. The fourth-order valence-corrected chi connectivity index (χ4v) is 1.54. The second-order valence-electron chi connectivity index (χ2n) is 3.89. The highest BCUT2D eigenvalue weighted by Crippen LogP contribution is 2.22. The topological polar surface area (TPSA) is 67.2 Å². The number of rotatable bonds is 7. The van der Waals surface area contributed by atoms with Crippen LogP contribution in [-0.2, 0) is 0 Å². The molecule has 17 heavy (non-hydrogen) atoms. The van der Waals surface area contributed by atoms with Gasteiger partial charge >= 0.3 is 0 Å². The van der Waals surface area contributed by atoms with Gasteiger partial charge in [0.05, 0.1) is 4.92 Å². The molecule has 0 aliphatic heterocycles. The molecule has 0 saturated heterocycles. The molecule has 1 aromatic carbocycles. The number of nitrogens with zero attached hydrogens (tertiary/aromatic N) is 1. The third-order valence-corrected chi connectivity index (χ3v) is 2.52. The van der Waals surface area contributed by atoms with Gasteiger partial charge in [-0.2, -0.15) is 0 Å². The minimum absolute atomic E-state index is 0.168. The Hall–Kier alpha value is -1.62. The van der Waals surface area contributed by atoms with Crippen LogP contribution in [0.4, 0.5) is 11.4 Å². The molecule has 2 N–H and O–H groups in total. The van der Waals surface area contributed by atoms with Crippen LogP contribution < -0.4 is 10.6 Å². The highest BCUT2D eigenvalue weighted by Gasteiger charge is 2.10. The summed E-state index contributed by atoms with van der Waals surface area (Å²) in [4.78, 5) is 10.4. The van der Waals surface area contributed by atoms with Gasteiger partial charge in [0.25, 0.3) is 5.69 Å². The van der Waals surface area contributed by atoms with Gasteiger partial charge in [-0.15, -0.1) is 0 Å². The standard InChI is InChI=1S/C12H19N3O2/c1-3-13-7-4-8-14-11-6-5-10(2)12(9-11)15(16)17/h5-6,9,13-14H,3-4,7-8H2,1-2H3. The minimum Gasteiger partial charge on any atom is -0.385 e. The highest BCUT2D eigenvalue weighted by molar-refractivity contribution is 5.54. The van der Waals surface area contributed by atoms with E-state index in [1.165, 1.54) is 0 Å². The van der Waals surface area contributed by atoms with Crippen LogP contribution in [0.15, 0.2) is 18.2 Å². The number of anilines is 1. The Bertz CT molecular complexity index is 380. The lowest BCUT2D eigenvalue weighted by molar-refractivity contribution is -0.385. The molecular formula is C12H19N3O2. The van der Waals surface area contributed by atoms with Crippen molar-refractivity contribution in [1.82, 2.24) is 5.32 Å². The molecule has 0 amide bonds. The van der Waals surface area contributed by atoms with Crippen molar-refractivity contribution in [3.8, 4) is 0 Å². The second kappa shape index (κ2) is 6.85. The summed E-state index contributed by atoms with van der Waals surface area (Å²) < 4.78 is 0. The van der Waals surface area contributed by atoms with E-state index in [9.17, 15) is 10.1 Å². The lowest BCUT2D eigenvalue weighted by Gasteiger charge is -2.07. The van der Waals surface area contributed by atoms with Gasteiger partial charge in [-0.1, -0.05) is 13.0 Å². The van der Waals surface area contributed by atoms with Crippen LogP contribution in [0.5, 0.6) is 0 Å². The number of hydrogen-bond acceptors (Lipinski definition) is 4. The quantitative estimate of drug-likeness (QED) is 0.434. The van der Waals surface area contributed by atoms with Crippen molar-refractivity contribution < 1.29 is 4.92 Å². The molecule has 0 unspecified atom stereocenters. The summed E-state index contributed by atoms with van der Waals surface area (Å²) in [5, 5.41) is 17.2. The first-order valence-electron chi connectivity index (χ1n) is 5.84. The van der Waals surface area contributed by atoms with Crippen molar-refractivity contribution >= 4 is 11.4 Å². The third-order valence-electron chi connectivity index (χ3n) is 2.52. The molecule has 1 aromatic rings. The Morgan fingerprint density at radius 1 is 1.35 bits per heavy atom. The maximum Gasteiger partial charge on any atom is 0.274 e. The Kier molecular flexibility index (Phi) is 5.42. The molecule has 0 heterocycles. The van der Waals surface area contributed by atoms with Crippen molar-refractivity contribution in [2.45, 2.75) is 20.3 Å². The van der Waals surface area contributed by atoms with Crippen LogP contribution in [0.1, 0.15) is 18.9 Å². The summed E-state index contributed by atoms with van der Waals surface area (Å²) in [5.41, 5.74) is 1.66. The average molecular weight is 237 g/mol. The predicted molar refractivity (Wildman–Crippen MR) is 69.5 cm³/mol. The van der Waals surface area contributed by atoms with Gasteiger partial charge in [0.1, 0.15) is 0 Å². The molecule has 0 saturated carbocycles. The summed E-state index contributed by atoms with van der Waals surface area (Å²) in [5.74, 6) is 0. The van der Waals surface area contributed by atoms with Gasteiger partial charge in [0.15, 0.2) is 0 Å². The van der Waals surface area contributed by atoms with Gasteiger partial charge in [-0.25, -0.2) is 0 Å². The number of hydrogen-bond donors (Lipinski definition) is 2. The van der Waals surface area contributed by atoms with E-state index in [0.29, 0.717) is 5.56 Å². The van der Waals surface area contributed by atoms with Crippen molar-refractivity contribution in [1.29, 1.82) is 0 Å². The van der Waals surface area contributed by atoms with E-state index >= 15 is 0 Å². The molecule has 0 atom stereocenters. The second-order valence-corrected chi connectivity index (χ2v) is 3.89. The summed E-state index contributed by atoms with van der Waals surface area (Å²) >= 11 is 0. The Morgan fingerprint density at radius 3 is 2.76 bits per heavy atom. The fraction of sp³-hybridized carbons (Fsp3) is 0.500. The van der Waals surface area contributed by atoms with Crippen LogP contribution in [0.25, 0.3) is 0 Å². The van der Waals surface area contributed by atoms with Crippen molar-refractivity contribution in [3.05, 3.63) is 33.9 Å². The van der Waals surface area contributed by atoms with Crippen LogP contribution in [0.2, 0.25) is 0 Å². The number of aryl methyl sites for hydroxylation is 1. The summed E-state index contributed by atoms with van der Waals surface area (Å²) in [7, 11) is 0. The summed E-state index contributed by atoms with van der Waals surface area (Å²) in [6.45, 7) is 6.55. The van der Waals surface area contributed by atoms with Crippen LogP contribution >= 0.6 is 0 Å². The fourth-order valence-electron chi connectivity index (χ4n) is 1.54. The van der Waals surface area contributed by atoms with E-state index in [1.807, 2.05) is 6.07 Å². The van der Waals surface area contributed by atoms with Gasteiger partial charge in [-0.05, 0) is 32.5 Å². The zero-order valence-electron chi connectivity index (χ0n) is 10.3. The van der Waals surface area contributed by atoms with E-state index in [-0.39, 0.29) is 10.6 Å². The van der Waals surface area contributed by atoms with Crippen LogP contribution in [-0.4, -0.2) is 24.6 Å². The van der Waals surface area contributed by atoms with Crippen molar-refractivity contribution in [3.63, 3.8) is 0 Å². The van der Waals surface area contributed by atoms with E-state index < -0.39 is 0 Å². The Morgan fingerprint density at radius 2 is 2.12 bits per heavy atom. The molecular weight excluding hydrogens is 218 g/mol. The molecule has 0 spiro atoms. The lowest BCUT2D eigenvalue weighted by Crippen LogP contribution is -2.17. The lowest BCUT2D eigenvalue weighted by atomic mass is 10.2. The molecule has 0 aliphatic rings. The molecule has 94 valence electrons. The first kappa shape index (κ1) is 13.4. The van der Waals surface area contributed by atoms with E-state index in [4.69, 9.17) is 0 Å². The molecule has 5 nitrogen and oxygen atoms in total. The smallest absolute Gasteiger partial charge is 0.274 e. The minimum atomic E-state index is -0.348. The maximum atomic E-state index is 10.8. The molecule has 0 aliphatic carbocycles. The summed E-state index contributed by atoms with van der Waals surface area (Å²) in [6.07, 6.45) is 0.996. The van der Waals surface area contributed by atoms with E-state index in [0.717, 1.165) is 31.7 Å². The van der Waals surface area contributed by atoms with Gasteiger partial charge in [0.2, 0.25) is 0 Å². The van der Waals surface area contributed by atoms with Crippen LogP contribution in [0, 0.1) is 17.0 Å². The van der Waals surface area contributed by atoms with E-state index in [2.05, 4.69) is 17.6 Å². The van der Waals surface area contributed by atoms with Crippen LogP contribution in [0.3, 0.4) is 0 Å². The maximum absolute atomic E-state index is 10.8. The van der Waals surface area contributed by atoms with E-state index in [1.54, 1.807) is 19.1 Å². The van der Waals surface area contributed by atoms with Gasteiger partial charge in [0, 0.05) is 23.9 Å².